The minimum atomic E-state index is 0.220. The summed E-state index contributed by atoms with van der Waals surface area (Å²) in [5, 5.41) is 4.30. The lowest BCUT2D eigenvalue weighted by Crippen LogP contribution is -2.44. The maximum Gasteiger partial charge on any atom is 0.139 e. The second-order valence-corrected chi connectivity index (χ2v) is 6.33. The van der Waals surface area contributed by atoms with E-state index in [9.17, 15) is 0 Å². The Morgan fingerprint density at radius 3 is 3.09 bits per heavy atom. The molecular weight excluding hydrogens is 294 g/mol. The van der Waals surface area contributed by atoms with E-state index >= 15 is 0 Å². The molecule has 2 aliphatic heterocycles. The molecule has 0 bridgehead atoms. The van der Waals surface area contributed by atoms with Gasteiger partial charge < -0.3 is 9.88 Å². The molecule has 2 aromatic rings. The molecule has 3 aliphatic rings. The Hall–Kier alpha value is -2.26. The Balaban J connectivity index is 1.84. The van der Waals surface area contributed by atoms with Gasteiger partial charge in [0.25, 0.3) is 0 Å². The molecule has 5 rings (SSSR count). The first-order valence-corrected chi connectivity index (χ1v) is 7.86. The van der Waals surface area contributed by atoms with Crippen LogP contribution < -0.4 is 5.32 Å². The van der Waals surface area contributed by atoms with Gasteiger partial charge in [0, 0.05) is 16.5 Å². The average molecular weight is 308 g/mol. The molecule has 0 fully saturated rings. The molecule has 4 heteroatoms. The fourth-order valence-corrected chi connectivity index (χ4v) is 4.01. The third-order valence-corrected chi connectivity index (χ3v) is 4.97. The number of imidazole rings is 1. The highest BCUT2D eigenvalue weighted by Crippen LogP contribution is 2.44. The normalized spacial score (nSPS) is 28.3. The van der Waals surface area contributed by atoms with Crippen molar-refractivity contribution in [2.45, 2.75) is 12.1 Å². The molecule has 108 valence electrons. The van der Waals surface area contributed by atoms with Crippen LogP contribution in [-0.4, -0.2) is 15.6 Å². The molecule has 3 heterocycles. The van der Waals surface area contributed by atoms with Gasteiger partial charge >= 0.3 is 0 Å². The van der Waals surface area contributed by atoms with E-state index in [-0.39, 0.29) is 12.1 Å². The number of benzene rings is 1. The van der Waals surface area contributed by atoms with Gasteiger partial charge in [-0.3, -0.25) is 0 Å². The molecule has 1 aromatic carbocycles. The number of allylic oxidation sites excluding steroid dienone is 5. The van der Waals surface area contributed by atoms with Crippen LogP contribution in [0.4, 0.5) is 0 Å². The average Bonchev–Trinajstić information content (AvgIpc) is 2.95. The van der Waals surface area contributed by atoms with Crippen LogP contribution in [0.25, 0.3) is 16.6 Å². The zero-order valence-electron chi connectivity index (χ0n) is 11.8. The molecule has 3 atom stereocenters. The number of halogens is 1. The van der Waals surface area contributed by atoms with Crippen LogP contribution in [0.5, 0.6) is 0 Å². The van der Waals surface area contributed by atoms with Crippen LogP contribution in [-0.2, 0) is 0 Å². The number of aromatic nitrogens is 2. The van der Waals surface area contributed by atoms with Crippen molar-refractivity contribution in [3.63, 3.8) is 0 Å². The summed E-state index contributed by atoms with van der Waals surface area (Å²) in [5.41, 5.74) is 3.45. The SMILES string of the molecule is ClC1=CC2C3NC=CC=C3c3nc4ccccc4n3C2C=C1. The van der Waals surface area contributed by atoms with E-state index in [0.717, 1.165) is 16.4 Å². The molecule has 3 unspecified atom stereocenters. The summed E-state index contributed by atoms with van der Waals surface area (Å²) in [6.07, 6.45) is 12.6. The fourth-order valence-electron chi connectivity index (χ4n) is 3.79. The van der Waals surface area contributed by atoms with Crippen LogP contribution in [0, 0.1) is 5.92 Å². The van der Waals surface area contributed by atoms with Gasteiger partial charge in [0.15, 0.2) is 0 Å². The second kappa shape index (κ2) is 4.37. The molecule has 0 amide bonds. The first-order chi connectivity index (χ1) is 10.8. The minimum absolute atomic E-state index is 0.220. The Labute approximate surface area is 133 Å². The van der Waals surface area contributed by atoms with Gasteiger partial charge in [-0.25, -0.2) is 4.98 Å². The van der Waals surface area contributed by atoms with E-state index in [2.05, 4.69) is 46.3 Å². The molecule has 1 N–H and O–H groups in total. The number of para-hydroxylation sites is 2. The number of hydrogen-bond donors (Lipinski definition) is 1. The molecule has 0 saturated carbocycles. The van der Waals surface area contributed by atoms with E-state index in [1.54, 1.807) is 0 Å². The summed E-state index contributed by atoms with van der Waals surface area (Å²) < 4.78 is 2.35. The van der Waals surface area contributed by atoms with E-state index in [4.69, 9.17) is 16.6 Å². The number of nitrogens with one attached hydrogen (secondary N) is 1. The third kappa shape index (κ3) is 1.54. The highest BCUT2D eigenvalue weighted by molar-refractivity contribution is 6.31. The highest BCUT2D eigenvalue weighted by Gasteiger charge is 2.40. The van der Waals surface area contributed by atoms with Crippen molar-refractivity contribution in [1.29, 1.82) is 0 Å². The van der Waals surface area contributed by atoms with E-state index in [1.165, 1.54) is 11.1 Å². The van der Waals surface area contributed by atoms with Crippen molar-refractivity contribution in [3.8, 4) is 0 Å². The largest absolute Gasteiger partial charge is 0.383 e. The predicted octanol–water partition coefficient (Wildman–Crippen LogP) is 3.77. The van der Waals surface area contributed by atoms with E-state index in [0.29, 0.717) is 5.92 Å². The maximum absolute atomic E-state index is 6.27. The molecule has 22 heavy (non-hydrogen) atoms. The lowest BCUT2D eigenvalue weighted by molar-refractivity contribution is 0.380. The summed E-state index contributed by atoms with van der Waals surface area (Å²) in [7, 11) is 0. The van der Waals surface area contributed by atoms with Crippen molar-refractivity contribution in [2.24, 2.45) is 5.92 Å². The quantitative estimate of drug-likeness (QED) is 0.803. The van der Waals surface area contributed by atoms with Crippen LogP contribution in [0.15, 0.2) is 65.9 Å². The summed E-state index contributed by atoms with van der Waals surface area (Å²) >= 11 is 6.27. The van der Waals surface area contributed by atoms with Crippen molar-refractivity contribution in [1.82, 2.24) is 14.9 Å². The number of fused-ring (bicyclic) bond motifs is 8. The zero-order chi connectivity index (χ0) is 14.7. The smallest absolute Gasteiger partial charge is 0.139 e. The van der Waals surface area contributed by atoms with Crippen molar-refractivity contribution >= 4 is 28.2 Å². The van der Waals surface area contributed by atoms with Crippen molar-refractivity contribution in [3.05, 3.63) is 71.7 Å². The van der Waals surface area contributed by atoms with Gasteiger partial charge in [0.2, 0.25) is 0 Å². The molecular formula is C18H14ClN3. The summed E-state index contributed by atoms with van der Waals surface area (Å²) in [4.78, 5) is 4.88. The molecule has 1 aliphatic carbocycles. The molecule has 3 nitrogen and oxygen atoms in total. The van der Waals surface area contributed by atoms with Gasteiger partial charge in [0.05, 0.1) is 23.1 Å². The predicted molar refractivity (Wildman–Crippen MR) is 89.4 cm³/mol. The lowest BCUT2D eigenvalue weighted by atomic mass is 9.79. The van der Waals surface area contributed by atoms with E-state index in [1.807, 2.05) is 24.4 Å². The zero-order valence-corrected chi connectivity index (χ0v) is 12.5. The summed E-state index contributed by atoms with van der Waals surface area (Å²) in [6, 6.07) is 8.79. The van der Waals surface area contributed by atoms with Crippen molar-refractivity contribution < 1.29 is 0 Å². The monoisotopic (exact) mass is 307 g/mol. The molecule has 0 saturated heterocycles. The molecule has 1 aromatic heterocycles. The van der Waals surface area contributed by atoms with Gasteiger partial charge in [-0.2, -0.15) is 0 Å². The van der Waals surface area contributed by atoms with Gasteiger partial charge in [-0.05, 0) is 30.5 Å². The molecule has 0 radical (unpaired) electrons. The Kier molecular flexibility index (Phi) is 2.44. The first-order valence-electron chi connectivity index (χ1n) is 7.48. The number of rotatable bonds is 0. The topological polar surface area (TPSA) is 29.9 Å². The maximum atomic E-state index is 6.27. The molecule has 0 spiro atoms. The van der Waals surface area contributed by atoms with Gasteiger partial charge in [-0.1, -0.05) is 42.0 Å². The number of dihydropyridines is 1. The highest BCUT2D eigenvalue weighted by atomic mass is 35.5. The van der Waals surface area contributed by atoms with E-state index < -0.39 is 0 Å². The first kappa shape index (κ1) is 12.3. The van der Waals surface area contributed by atoms with Crippen LogP contribution in [0.1, 0.15) is 11.9 Å². The second-order valence-electron chi connectivity index (χ2n) is 5.90. The van der Waals surface area contributed by atoms with Crippen LogP contribution >= 0.6 is 11.6 Å². The standard InChI is InChI=1S/C18H14ClN3/c19-11-7-8-15-13(10-11)17-12(4-3-9-20-17)18-21-14-5-1-2-6-16(14)22(15)18/h1-10,13,15,17,20H. The Bertz CT molecular complexity index is 900. The Morgan fingerprint density at radius 1 is 1.23 bits per heavy atom. The summed E-state index contributed by atoms with van der Waals surface area (Å²) in [6.45, 7) is 0. The number of hydrogen-bond acceptors (Lipinski definition) is 2. The van der Waals surface area contributed by atoms with Gasteiger partial charge in [0.1, 0.15) is 5.82 Å². The Morgan fingerprint density at radius 2 is 2.14 bits per heavy atom. The number of nitrogens with zero attached hydrogens (tertiary/aromatic N) is 2. The van der Waals surface area contributed by atoms with Crippen LogP contribution in [0.2, 0.25) is 0 Å². The van der Waals surface area contributed by atoms with Crippen LogP contribution in [0.3, 0.4) is 0 Å². The minimum Gasteiger partial charge on any atom is -0.383 e. The fraction of sp³-hybridized carbons (Fsp3) is 0.167. The van der Waals surface area contributed by atoms with Gasteiger partial charge in [-0.15, -0.1) is 0 Å². The summed E-state index contributed by atoms with van der Waals surface area (Å²) in [5.74, 6) is 1.35. The van der Waals surface area contributed by atoms with Crippen molar-refractivity contribution in [2.75, 3.05) is 0 Å². The lowest BCUT2D eigenvalue weighted by Gasteiger charge is -2.41. The third-order valence-electron chi connectivity index (χ3n) is 4.72.